The van der Waals surface area contributed by atoms with Crippen molar-refractivity contribution < 1.29 is 8.83 Å². The van der Waals surface area contributed by atoms with E-state index in [-0.39, 0.29) is 6.04 Å². The Bertz CT molecular complexity index is 3680. The zero-order valence-electron chi connectivity index (χ0n) is 35.1. The number of fused-ring (bicyclic) bond motifs is 7. The van der Waals surface area contributed by atoms with Gasteiger partial charge in [0.1, 0.15) is 22.3 Å². The van der Waals surface area contributed by atoms with E-state index in [1.165, 1.54) is 0 Å². The van der Waals surface area contributed by atoms with Crippen molar-refractivity contribution in [2.75, 3.05) is 4.90 Å². The van der Waals surface area contributed by atoms with Crippen molar-refractivity contribution in [2.45, 2.75) is 12.5 Å². The Morgan fingerprint density at radius 1 is 0.562 bits per heavy atom. The molecule has 0 aliphatic heterocycles. The lowest BCUT2D eigenvalue weighted by Gasteiger charge is -2.29. The van der Waals surface area contributed by atoms with Gasteiger partial charge in [-0.2, -0.15) is 0 Å². The van der Waals surface area contributed by atoms with Gasteiger partial charge in [-0.3, -0.25) is 0 Å². The molecule has 304 valence electrons. The van der Waals surface area contributed by atoms with Crippen molar-refractivity contribution in [1.82, 2.24) is 4.57 Å². The maximum atomic E-state index is 7.06. The van der Waals surface area contributed by atoms with Gasteiger partial charge in [0, 0.05) is 55.6 Å². The third kappa shape index (κ3) is 6.06. The molecule has 0 bridgehead atoms. The summed E-state index contributed by atoms with van der Waals surface area (Å²) in [6.07, 6.45) is 11.6. The molecule has 64 heavy (non-hydrogen) atoms. The van der Waals surface area contributed by atoms with Crippen molar-refractivity contribution in [3.63, 3.8) is 0 Å². The minimum atomic E-state index is 0.124. The third-order valence-corrected chi connectivity index (χ3v) is 12.8. The molecule has 3 heterocycles. The van der Waals surface area contributed by atoms with Crippen molar-refractivity contribution in [3.8, 4) is 33.4 Å². The molecule has 1 aliphatic rings. The van der Waals surface area contributed by atoms with Crippen molar-refractivity contribution in [2.24, 2.45) is 0 Å². The van der Waals surface area contributed by atoms with Gasteiger partial charge in [0.25, 0.3) is 0 Å². The minimum absolute atomic E-state index is 0.124. The number of aromatic nitrogens is 1. The molecular weight excluding hydrogens is 781 g/mol. The fraction of sp³-hybridized carbons (Fsp3) is 0.0333. The van der Waals surface area contributed by atoms with Crippen LogP contribution in [0.15, 0.2) is 228 Å². The lowest BCUT2D eigenvalue weighted by molar-refractivity contribution is 0.624. The molecule has 0 saturated carbocycles. The summed E-state index contributed by atoms with van der Waals surface area (Å²) in [4.78, 5) is 2.30. The molecule has 8 aromatic carbocycles. The maximum absolute atomic E-state index is 7.06. The number of para-hydroxylation sites is 1. The predicted molar refractivity (Wildman–Crippen MR) is 269 cm³/mol. The van der Waals surface area contributed by atoms with Crippen LogP contribution in [0.25, 0.3) is 99.9 Å². The van der Waals surface area contributed by atoms with Crippen LogP contribution in [0.3, 0.4) is 0 Å². The normalized spacial score (nSPS) is 13.7. The molecular formula is C60H42N2O2. The fourth-order valence-corrected chi connectivity index (χ4v) is 9.87. The molecule has 12 rings (SSSR count). The van der Waals surface area contributed by atoms with Crippen molar-refractivity contribution >= 4 is 77.9 Å². The summed E-state index contributed by atoms with van der Waals surface area (Å²) < 4.78 is 16.3. The Morgan fingerprint density at radius 3 is 1.84 bits per heavy atom. The highest BCUT2D eigenvalue weighted by Gasteiger charge is 2.29. The molecule has 1 aliphatic carbocycles. The van der Waals surface area contributed by atoms with Crippen LogP contribution < -0.4 is 4.90 Å². The highest BCUT2D eigenvalue weighted by atomic mass is 16.3. The van der Waals surface area contributed by atoms with E-state index in [4.69, 9.17) is 15.4 Å². The Morgan fingerprint density at radius 2 is 1.17 bits per heavy atom. The van der Waals surface area contributed by atoms with Crippen LogP contribution in [0, 0.1) is 0 Å². The second-order valence-corrected chi connectivity index (χ2v) is 16.5. The highest BCUT2D eigenvalue weighted by Crippen LogP contribution is 2.49. The first-order valence-electron chi connectivity index (χ1n) is 21.8. The molecule has 0 amide bonds. The zero-order valence-corrected chi connectivity index (χ0v) is 35.1. The number of anilines is 2. The van der Waals surface area contributed by atoms with Gasteiger partial charge in [-0.15, -0.1) is 0 Å². The summed E-state index contributed by atoms with van der Waals surface area (Å²) >= 11 is 0. The topological polar surface area (TPSA) is 34.5 Å². The quantitative estimate of drug-likeness (QED) is 0.145. The summed E-state index contributed by atoms with van der Waals surface area (Å²) in [7, 11) is 0. The van der Waals surface area contributed by atoms with Gasteiger partial charge in [0.15, 0.2) is 0 Å². The average molecular weight is 823 g/mol. The summed E-state index contributed by atoms with van der Waals surface area (Å²) in [5.74, 6) is 0. The van der Waals surface area contributed by atoms with Crippen molar-refractivity contribution in [3.05, 3.63) is 231 Å². The smallest absolute Gasteiger partial charge is 0.145 e. The van der Waals surface area contributed by atoms with Gasteiger partial charge in [0.2, 0.25) is 0 Å². The van der Waals surface area contributed by atoms with Gasteiger partial charge in [-0.25, -0.2) is 0 Å². The molecule has 0 N–H and O–H groups in total. The van der Waals surface area contributed by atoms with Gasteiger partial charge < -0.3 is 18.3 Å². The third-order valence-electron chi connectivity index (χ3n) is 12.8. The summed E-state index contributed by atoms with van der Waals surface area (Å²) in [5.41, 5.74) is 15.7. The number of nitrogens with zero attached hydrogens (tertiary/aromatic N) is 2. The minimum Gasteiger partial charge on any atom is -0.456 e. The first kappa shape index (κ1) is 37.4. The van der Waals surface area contributed by atoms with Crippen LogP contribution >= 0.6 is 0 Å². The molecule has 1 atom stereocenters. The molecule has 4 nitrogen and oxygen atoms in total. The summed E-state index contributed by atoms with van der Waals surface area (Å²) in [5, 5.41) is 5.25. The van der Waals surface area contributed by atoms with Crippen LogP contribution in [-0.4, -0.2) is 4.57 Å². The Kier molecular flexibility index (Phi) is 8.91. The van der Waals surface area contributed by atoms with Gasteiger partial charge in [-0.1, -0.05) is 159 Å². The average Bonchev–Trinajstić information content (AvgIpc) is 4.04. The number of furan rings is 2. The monoisotopic (exact) mass is 822 g/mol. The number of rotatable bonds is 9. The number of hydrogen-bond acceptors (Lipinski definition) is 3. The highest BCUT2D eigenvalue weighted by molar-refractivity contribution is 6.19. The number of hydrogen-bond donors (Lipinski definition) is 0. The van der Waals surface area contributed by atoms with Crippen LogP contribution in [0.1, 0.15) is 23.7 Å². The van der Waals surface area contributed by atoms with E-state index in [1.807, 2.05) is 18.2 Å². The van der Waals surface area contributed by atoms with Crippen LogP contribution in [-0.2, 0) is 0 Å². The molecule has 0 spiro atoms. The second kappa shape index (κ2) is 15.2. The zero-order chi connectivity index (χ0) is 42.7. The molecule has 0 fully saturated rings. The predicted octanol–water partition coefficient (Wildman–Crippen LogP) is 17.0. The lowest BCUT2D eigenvalue weighted by Crippen LogP contribution is -2.16. The van der Waals surface area contributed by atoms with E-state index in [0.717, 1.165) is 123 Å². The number of benzene rings is 8. The Hall–Kier alpha value is -8.34. The molecule has 3 aromatic heterocycles. The van der Waals surface area contributed by atoms with Crippen LogP contribution in [0.4, 0.5) is 11.4 Å². The van der Waals surface area contributed by atoms with Crippen molar-refractivity contribution in [1.29, 1.82) is 0 Å². The van der Waals surface area contributed by atoms with E-state index in [0.29, 0.717) is 0 Å². The second-order valence-electron chi connectivity index (χ2n) is 16.5. The maximum Gasteiger partial charge on any atom is 0.145 e. The van der Waals surface area contributed by atoms with E-state index in [9.17, 15) is 0 Å². The van der Waals surface area contributed by atoms with Gasteiger partial charge >= 0.3 is 0 Å². The van der Waals surface area contributed by atoms with E-state index in [2.05, 4.69) is 210 Å². The van der Waals surface area contributed by atoms with E-state index < -0.39 is 0 Å². The van der Waals surface area contributed by atoms with E-state index >= 15 is 0 Å². The summed E-state index contributed by atoms with van der Waals surface area (Å²) in [6.45, 7) is 9.47. The van der Waals surface area contributed by atoms with Gasteiger partial charge in [0.05, 0.1) is 22.8 Å². The largest absolute Gasteiger partial charge is 0.456 e. The summed E-state index contributed by atoms with van der Waals surface area (Å²) in [6, 6.07) is 64.2. The first-order valence-corrected chi connectivity index (χ1v) is 21.8. The fourth-order valence-electron chi connectivity index (χ4n) is 9.87. The molecule has 11 aromatic rings. The standard InChI is InChI=1S/C60H42N2O2/c1-3-52-58(50-26-16-17-27-53(50)62(52)45-24-14-7-15-25-45)39(2)61(46-30-33-49-48-31-28-43(40-18-8-4-9-19-40)36-55(48)63-57(49)38-46)54-35-34-47(42-22-12-6-13-23-42)60-59(54)51-32-29-44(37-56(51)64-60)41-20-10-5-11-21-41/h3-24,26-38,45H,1-2,25H2. The first-order chi connectivity index (χ1) is 31.6. The van der Waals surface area contributed by atoms with Crippen LogP contribution in [0.5, 0.6) is 0 Å². The molecule has 1 unspecified atom stereocenters. The number of allylic oxidation sites excluding steroid dienone is 4. The lowest BCUT2D eigenvalue weighted by atomic mass is 9.98. The Labute approximate surface area is 371 Å². The molecule has 0 radical (unpaired) electrons. The Balaban J connectivity index is 1.12. The van der Waals surface area contributed by atoms with Crippen LogP contribution in [0.2, 0.25) is 0 Å². The molecule has 0 saturated heterocycles. The van der Waals surface area contributed by atoms with Gasteiger partial charge in [-0.05, 0) is 94.9 Å². The SMILES string of the molecule is C=Cc1c(C(=C)N(c2ccc3c(c2)oc2cc(-c4ccccc4)ccc23)c2ccc(-c3ccccc3)c3oc4cc(-c5ccccc5)ccc4c23)c2ccccc2n1C1C=CC=CC1. The molecule has 4 heteroatoms. The van der Waals surface area contributed by atoms with E-state index in [1.54, 1.807) is 0 Å².